The second kappa shape index (κ2) is 6.34. The minimum atomic E-state index is 0.695. The first-order chi connectivity index (χ1) is 10.7. The van der Waals surface area contributed by atoms with Crippen LogP contribution in [0.25, 0.3) is 11.4 Å². The van der Waals surface area contributed by atoms with Crippen LogP contribution in [-0.2, 0) is 6.54 Å². The molecule has 0 aliphatic carbocycles. The summed E-state index contributed by atoms with van der Waals surface area (Å²) in [5, 5.41) is 0. The van der Waals surface area contributed by atoms with Gasteiger partial charge in [0, 0.05) is 44.9 Å². The van der Waals surface area contributed by atoms with Crippen molar-refractivity contribution in [3.63, 3.8) is 0 Å². The Hall–Kier alpha value is -2.76. The van der Waals surface area contributed by atoms with E-state index in [4.69, 9.17) is 0 Å². The number of aryl methyl sites for hydroxylation is 1. The van der Waals surface area contributed by atoms with Crippen LogP contribution in [0, 0.1) is 6.92 Å². The molecule has 0 aliphatic rings. The van der Waals surface area contributed by atoms with Crippen LogP contribution < -0.4 is 4.90 Å². The summed E-state index contributed by atoms with van der Waals surface area (Å²) >= 11 is 0. The van der Waals surface area contributed by atoms with Crippen LogP contribution in [0.3, 0.4) is 0 Å². The maximum atomic E-state index is 4.59. The maximum absolute atomic E-state index is 4.59. The Morgan fingerprint density at radius 3 is 2.64 bits per heavy atom. The Morgan fingerprint density at radius 1 is 1.00 bits per heavy atom. The summed E-state index contributed by atoms with van der Waals surface area (Å²) in [6, 6.07) is 7.67. The number of likely N-dealkylation sites (N-methyl/N-ethyl adjacent to an activating group) is 1. The van der Waals surface area contributed by atoms with Gasteiger partial charge in [-0.3, -0.25) is 4.98 Å². The number of hydrogen-bond acceptors (Lipinski definition) is 5. The molecule has 0 spiro atoms. The van der Waals surface area contributed by atoms with E-state index in [2.05, 4.69) is 24.5 Å². The molecule has 112 valence electrons. The number of hydrogen-bond donors (Lipinski definition) is 0. The molecule has 6 heteroatoms. The number of imidazole rings is 1. The molecule has 3 heterocycles. The molecule has 3 aromatic heterocycles. The Morgan fingerprint density at radius 2 is 1.91 bits per heavy atom. The van der Waals surface area contributed by atoms with Crippen LogP contribution in [0.1, 0.15) is 5.82 Å². The first-order valence-electron chi connectivity index (χ1n) is 7.17. The molecule has 0 aliphatic heterocycles. The molecule has 0 bridgehead atoms. The molecule has 0 N–H and O–H groups in total. The molecule has 0 unspecified atom stereocenters. The highest BCUT2D eigenvalue weighted by Crippen LogP contribution is 2.15. The Labute approximate surface area is 129 Å². The maximum Gasteiger partial charge on any atom is 0.225 e. The van der Waals surface area contributed by atoms with Gasteiger partial charge in [0.2, 0.25) is 5.95 Å². The SMILES string of the molecule is Cc1nccn1CCN(C)c1nccc(-c2ccccn2)n1. The van der Waals surface area contributed by atoms with E-state index in [0.29, 0.717) is 5.95 Å². The second-order valence-electron chi connectivity index (χ2n) is 5.05. The summed E-state index contributed by atoms with van der Waals surface area (Å²) in [6.45, 7) is 3.65. The van der Waals surface area contributed by atoms with Gasteiger partial charge in [-0.15, -0.1) is 0 Å². The van der Waals surface area contributed by atoms with Gasteiger partial charge in [0.15, 0.2) is 0 Å². The number of nitrogens with zero attached hydrogens (tertiary/aromatic N) is 6. The molecule has 3 rings (SSSR count). The normalized spacial score (nSPS) is 10.6. The van der Waals surface area contributed by atoms with Gasteiger partial charge in [0.1, 0.15) is 5.82 Å². The third-order valence-electron chi connectivity index (χ3n) is 3.51. The average molecular weight is 294 g/mol. The molecule has 0 fully saturated rings. The summed E-state index contributed by atoms with van der Waals surface area (Å²) in [7, 11) is 1.99. The topological polar surface area (TPSA) is 59.7 Å². The monoisotopic (exact) mass is 294 g/mol. The van der Waals surface area contributed by atoms with Crippen molar-refractivity contribution in [1.29, 1.82) is 0 Å². The van der Waals surface area contributed by atoms with Crippen molar-refractivity contribution in [3.8, 4) is 11.4 Å². The number of rotatable bonds is 5. The van der Waals surface area contributed by atoms with Crippen molar-refractivity contribution in [1.82, 2.24) is 24.5 Å². The Kier molecular flexibility index (Phi) is 4.09. The molecule has 0 saturated heterocycles. The van der Waals surface area contributed by atoms with E-state index >= 15 is 0 Å². The van der Waals surface area contributed by atoms with E-state index in [9.17, 15) is 0 Å². The minimum absolute atomic E-state index is 0.695. The fraction of sp³-hybridized carbons (Fsp3) is 0.250. The summed E-state index contributed by atoms with van der Waals surface area (Å²) in [5.74, 6) is 1.71. The molecule has 0 atom stereocenters. The van der Waals surface area contributed by atoms with Gasteiger partial charge >= 0.3 is 0 Å². The van der Waals surface area contributed by atoms with Crippen molar-refractivity contribution in [2.75, 3.05) is 18.5 Å². The molecular formula is C16H18N6. The van der Waals surface area contributed by atoms with E-state index in [1.807, 2.05) is 55.5 Å². The van der Waals surface area contributed by atoms with Gasteiger partial charge in [-0.1, -0.05) is 6.07 Å². The van der Waals surface area contributed by atoms with Gasteiger partial charge in [-0.25, -0.2) is 15.0 Å². The molecular weight excluding hydrogens is 276 g/mol. The van der Waals surface area contributed by atoms with Crippen LogP contribution in [0.4, 0.5) is 5.95 Å². The van der Waals surface area contributed by atoms with E-state index in [-0.39, 0.29) is 0 Å². The molecule has 0 radical (unpaired) electrons. The largest absolute Gasteiger partial charge is 0.342 e. The molecule has 22 heavy (non-hydrogen) atoms. The summed E-state index contributed by atoms with van der Waals surface area (Å²) < 4.78 is 2.11. The van der Waals surface area contributed by atoms with Crippen molar-refractivity contribution >= 4 is 5.95 Å². The predicted molar refractivity (Wildman–Crippen MR) is 85.5 cm³/mol. The zero-order valence-electron chi connectivity index (χ0n) is 12.7. The van der Waals surface area contributed by atoms with Gasteiger partial charge in [-0.05, 0) is 25.1 Å². The first-order valence-corrected chi connectivity index (χ1v) is 7.17. The van der Waals surface area contributed by atoms with Gasteiger partial charge in [0.05, 0.1) is 11.4 Å². The van der Waals surface area contributed by atoms with Crippen molar-refractivity contribution < 1.29 is 0 Å². The van der Waals surface area contributed by atoms with E-state index in [1.165, 1.54) is 0 Å². The number of pyridine rings is 1. The first kappa shape index (κ1) is 14.2. The van der Waals surface area contributed by atoms with Crippen LogP contribution in [0.5, 0.6) is 0 Å². The van der Waals surface area contributed by atoms with Crippen molar-refractivity contribution in [3.05, 3.63) is 54.9 Å². The zero-order chi connectivity index (χ0) is 15.4. The van der Waals surface area contributed by atoms with Gasteiger partial charge < -0.3 is 9.47 Å². The van der Waals surface area contributed by atoms with Crippen LogP contribution in [-0.4, -0.2) is 38.1 Å². The lowest BCUT2D eigenvalue weighted by Crippen LogP contribution is -2.24. The van der Waals surface area contributed by atoms with Crippen LogP contribution in [0.2, 0.25) is 0 Å². The van der Waals surface area contributed by atoms with Crippen LogP contribution >= 0.6 is 0 Å². The smallest absolute Gasteiger partial charge is 0.225 e. The van der Waals surface area contributed by atoms with E-state index in [0.717, 1.165) is 30.3 Å². The summed E-state index contributed by atoms with van der Waals surface area (Å²) in [6.07, 6.45) is 7.33. The lowest BCUT2D eigenvalue weighted by Gasteiger charge is -2.18. The van der Waals surface area contributed by atoms with E-state index in [1.54, 1.807) is 12.4 Å². The standard InChI is InChI=1S/C16H18N6/c1-13-17-9-10-22(13)12-11-21(2)16-19-8-6-15(20-16)14-5-3-4-7-18-14/h3-10H,11-12H2,1-2H3. The average Bonchev–Trinajstić information content (AvgIpc) is 2.99. The number of anilines is 1. The molecule has 0 amide bonds. The molecule has 3 aromatic rings. The number of aromatic nitrogens is 5. The molecule has 0 aromatic carbocycles. The van der Waals surface area contributed by atoms with Crippen molar-refractivity contribution in [2.24, 2.45) is 0 Å². The minimum Gasteiger partial charge on any atom is -0.342 e. The third-order valence-corrected chi connectivity index (χ3v) is 3.51. The summed E-state index contributed by atoms with van der Waals surface area (Å²) in [5.41, 5.74) is 1.68. The zero-order valence-corrected chi connectivity index (χ0v) is 12.7. The van der Waals surface area contributed by atoms with Gasteiger partial charge in [0.25, 0.3) is 0 Å². The summed E-state index contributed by atoms with van der Waals surface area (Å²) in [4.78, 5) is 19.5. The lowest BCUT2D eigenvalue weighted by molar-refractivity contribution is 0.657. The van der Waals surface area contributed by atoms with Gasteiger partial charge in [-0.2, -0.15) is 0 Å². The molecule has 0 saturated carbocycles. The third kappa shape index (κ3) is 3.11. The van der Waals surface area contributed by atoms with Crippen molar-refractivity contribution in [2.45, 2.75) is 13.5 Å². The highest BCUT2D eigenvalue weighted by Gasteiger charge is 2.08. The fourth-order valence-corrected chi connectivity index (χ4v) is 2.19. The fourth-order valence-electron chi connectivity index (χ4n) is 2.19. The van der Waals surface area contributed by atoms with Crippen LogP contribution in [0.15, 0.2) is 49.1 Å². The lowest BCUT2D eigenvalue weighted by atomic mass is 10.2. The second-order valence-corrected chi connectivity index (χ2v) is 5.05. The predicted octanol–water partition coefficient (Wildman–Crippen LogP) is 2.18. The highest BCUT2D eigenvalue weighted by atomic mass is 15.2. The Balaban J connectivity index is 1.73. The molecule has 6 nitrogen and oxygen atoms in total. The van der Waals surface area contributed by atoms with E-state index < -0.39 is 0 Å². The highest BCUT2D eigenvalue weighted by molar-refractivity contribution is 5.55. The Bertz CT molecular complexity index is 737. The quantitative estimate of drug-likeness (QED) is 0.722.